The molecule has 1 N–H and O–H groups in total. The van der Waals surface area contributed by atoms with E-state index in [4.69, 9.17) is 0 Å². The zero-order chi connectivity index (χ0) is 11.5. The Morgan fingerprint density at radius 1 is 1.00 bits per heavy atom. The van der Waals surface area contributed by atoms with Crippen molar-refractivity contribution in [3.63, 3.8) is 0 Å². The zero-order valence-corrected chi connectivity index (χ0v) is 8.33. The number of nitro benzene ring substituents is 1. The van der Waals surface area contributed by atoms with Crippen LogP contribution in [-0.2, 0) is 0 Å². The van der Waals surface area contributed by atoms with E-state index in [1.807, 2.05) is 30.3 Å². The Hall–Kier alpha value is -2.36. The number of hydrogen-bond donors (Lipinski definition) is 1. The fourth-order valence-corrected chi connectivity index (χ4v) is 1.50. The van der Waals surface area contributed by atoms with E-state index < -0.39 is 4.92 Å². The zero-order valence-electron chi connectivity index (χ0n) is 8.33. The van der Waals surface area contributed by atoms with Crippen molar-refractivity contribution in [2.45, 2.75) is 0 Å². The van der Waals surface area contributed by atoms with Gasteiger partial charge in [-0.25, -0.2) is 0 Å². The maximum atomic E-state index is 10.6. The predicted octanol–water partition coefficient (Wildman–Crippen LogP) is 2.97. The molecule has 0 amide bonds. The molecule has 0 aliphatic carbocycles. The third kappa shape index (κ3) is 2.00. The van der Waals surface area contributed by atoms with Gasteiger partial charge in [0.1, 0.15) is 5.75 Å². The Labute approximate surface area is 91.9 Å². The second kappa shape index (κ2) is 4.02. The summed E-state index contributed by atoms with van der Waals surface area (Å²) in [5.74, 6) is -0.104. The van der Waals surface area contributed by atoms with Gasteiger partial charge in [0.05, 0.1) is 11.0 Å². The normalized spacial score (nSPS) is 10.0. The molecular formula is C12H9NO3. The molecule has 0 heterocycles. The second-order valence-corrected chi connectivity index (χ2v) is 3.36. The molecule has 0 radical (unpaired) electrons. The van der Waals surface area contributed by atoms with Gasteiger partial charge in [-0.2, -0.15) is 0 Å². The van der Waals surface area contributed by atoms with Gasteiger partial charge in [-0.3, -0.25) is 10.1 Å². The second-order valence-electron chi connectivity index (χ2n) is 3.36. The van der Waals surface area contributed by atoms with Gasteiger partial charge < -0.3 is 5.11 Å². The Balaban J connectivity index is 2.54. The van der Waals surface area contributed by atoms with Crippen molar-refractivity contribution in [3.05, 3.63) is 58.6 Å². The number of aromatic hydroxyl groups is 1. The molecule has 2 rings (SSSR count). The van der Waals surface area contributed by atoms with Crippen molar-refractivity contribution in [1.82, 2.24) is 0 Å². The summed E-state index contributed by atoms with van der Waals surface area (Å²) in [5, 5.41) is 20.0. The minimum Gasteiger partial charge on any atom is -0.508 e. The Morgan fingerprint density at radius 2 is 1.69 bits per heavy atom. The lowest BCUT2D eigenvalue weighted by Crippen LogP contribution is -1.88. The highest BCUT2D eigenvalue weighted by Gasteiger charge is 2.09. The summed E-state index contributed by atoms with van der Waals surface area (Å²) >= 11 is 0. The van der Waals surface area contributed by atoms with Crippen molar-refractivity contribution in [2.24, 2.45) is 0 Å². The summed E-state index contributed by atoms with van der Waals surface area (Å²) in [6, 6.07) is 13.3. The van der Waals surface area contributed by atoms with Crippen LogP contribution in [-0.4, -0.2) is 10.0 Å². The average molecular weight is 215 g/mol. The smallest absolute Gasteiger partial charge is 0.273 e. The van der Waals surface area contributed by atoms with Crippen LogP contribution < -0.4 is 0 Å². The Kier molecular flexibility index (Phi) is 2.55. The quantitative estimate of drug-likeness (QED) is 0.618. The van der Waals surface area contributed by atoms with Gasteiger partial charge >= 0.3 is 0 Å². The number of benzene rings is 2. The van der Waals surface area contributed by atoms with Gasteiger partial charge in [-0.05, 0) is 17.2 Å². The fourth-order valence-electron chi connectivity index (χ4n) is 1.50. The number of phenolic OH excluding ortho intramolecular Hbond substituents is 1. The molecule has 0 unspecified atom stereocenters. The average Bonchev–Trinajstić information content (AvgIpc) is 2.29. The van der Waals surface area contributed by atoms with Crippen LogP contribution >= 0.6 is 0 Å². The maximum absolute atomic E-state index is 10.6. The lowest BCUT2D eigenvalue weighted by atomic mass is 10.0. The van der Waals surface area contributed by atoms with Gasteiger partial charge in [0, 0.05) is 6.07 Å². The minimum atomic E-state index is -0.522. The highest BCUT2D eigenvalue weighted by Crippen LogP contribution is 2.28. The van der Waals surface area contributed by atoms with E-state index in [0.29, 0.717) is 5.56 Å². The lowest BCUT2D eigenvalue weighted by Gasteiger charge is -2.02. The van der Waals surface area contributed by atoms with Gasteiger partial charge in [0.15, 0.2) is 0 Å². The van der Waals surface area contributed by atoms with Crippen LogP contribution in [0.25, 0.3) is 11.1 Å². The molecule has 0 atom stereocenters. The van der Waals surface area contributed by atoms with E-state index in [1.54, 1.807) is 0 Å². The molecule has 16 heavy (non-hydrogen) atoms. The third-order valence-corrected chi connectivity index (χ3v) is 2.22. The minimum absolute atomic E-state index is 0.104. The van der Waals surface area contributed by atoms with E-state index in [0.717, 1.165) is 11.6 Å². The topological polar surface area (TPSA) is 63.4 Å². The van der Waals surface area contributed by atoms with Crippen LogP contribution in [0.1, 0.15) is 0 Å². The lowest BCUT2D eigenvalue weighted by molar-refractivity contribution is -0.384. The summed E-state index contributed by atoms with van der Waals surface area (Å²) in [4.78, 5) is 10.1. The molecular weight excluding hydrogens is 206 g/mol. The molecule has 0 aromatic heterocycles. The molecule has 0 saturated heterocycles. The summed E-state index contributed by atoms with van der Waals surface area (Å²) in [6.45, 7) is 0. The first-order valence-corrected chi connectivity index (χ1v) is 4.71. The fraction of sp³-hybridized carbons (Fsp3) is 0. The largest absolute Gasteiger partial charge is 0.508 e. The summed E-state index contributed by atoms with van der Waals surface area (Å²) < 4.78 is 0. The van der Waals surface area contributed by atoms with Crippen LogP contribution in [0.4, 0.5) is 5.69 Å². The van der Waals surface area contributed by atoms with Crippen LogP contribution in [0, 0.1) is 10.1 Å². The molecule has 0 saturated carbocycles. The number of nitro groups is 1. The first-order valence-electron chi connectivity index (χ1n) is 4.71. The molecule has 0 aliphatic rings. The summed E-state index contributed by atoms with van der Waals surface area (Å²) in [5.41, 5.74) is 1.35. The van der Waals surface area contributed by atoms with Crippen molar-refractivity contribution in [3.8, 4) is 16.9 Å². The van der Waals surface area contributed by atoms with Gasteiger partial charge in [-0.15, -0.1) is 0 Å². The van der Waals surface area contributed by atoms with Crippen LogP contribution in [0.2, 0.25) is 0 Å². The van der Waals surface area contributed by atoms with E-state index in [-0.39, 0.29) is 11.4 Å². The van der Waals surface area contributed by atoms with E-state index in [2.05, 4.69) is 0 Å². The van der Waals surface area contributed by atoms with E-state index in [1.165, 1.54) is 12.1 Å². The summed E-state index contributed by atoms with van der Waals surface area (Å²) in [6.07, 6.45) is 0. The molecule has 0 aliphatic heterocycles. The first kappa shape index (κ1) is 10.2. The molecule has 0 spiro atoms. The number of nitrogens with zero attached hydrogens (tertiary/aromatic N) is 1. The highest BCUT2D eigenvalue weighted by atomic mass is 16.6. The van der Waals surface area contributed by atoms with Crippen molar-refractivity contribution >= 4 is 5.69 Å². The van der Waals surface area contributed by atoms with Gasteiger partial charge in [0.25, 0.3) is 5.69 Å². The monoisotopic (exact) mass is 215 g/mol. The Bertz CT molecular complexity index is 523. The van der Waals surface area contributed by atoms with Crippen LogP contribution in [0.5, 0.6) is 5.75 Å². The van der Waals surface area contributed by atoms with Gasteiger partial charge in [0.2, 0.25) is 0 Å². The first-order chi connectivity index (χ1) is 7.66. The van der Waals surface area contributed by atoms with Crippen molar-refractivity contribution in [1.29, 1.82) is 0 Å². The summed E-state index contributed by atoms with van der Waals surface area (Å²) in [7, 11) is 0. The molecule has 4 heteroatoms. The molecule has 0 bridgehead atoms. The SMILES string of the molecule is O=[N+]([O-])c1cc(O)cc(-c2ccccc2)c1. The van der Waals surface area contributed by atoms with Gasteiger partial charge in [-0.1, -0.05) is 30.3 Å². The third-order valence-electron chi connectivity index (χ3n) is 2.22. The van der Waals surface area contributed by atoms with Crippen molar-refractivity contribution in [2.75, 3.05) is 0 Å². The van der Waals surface area contributed by atoms with Crippen LogP contribution in [0.15, 0.2) is 48.5 Å². The maximum Gasteiger partial charge on any atom is 0.273 e. The molecule has 2 aromatic rings. The Morgan fingerprint density at radius 3 is 2.31 bits per heavy atom. The number of hydrogen-bond acceptors (Lipinski definition) is 3. The van der Waals surface area contributed by atoms with E-state index >= 15 is 0 Å². The van der Waals surface area contributed by atoms with E-state index in [9.17, 15) is 15.2 Å². The predicted molar refractivity (Wildman–Crippen MR) is 60.2 cm³/mol. The van der Waals surface area contributed by atoms with Crippen LogP contribution in [0.3, 0.4) is 0 Å². The molecule has 80 valence electrons. The highest BCUT2D eigenvalue weighted by molar-refractivity contribution is 5.68. The van der Waals surface area contributed by atoms with Crippen molar-refractivity contribution < 1.29 is 10.0 Å². The molecule has 2 aromatic carbocycles. The standard InChI is InChI=1S/C12H9NO3/c14-12-7-10(6-11(8-12)13(15)16)9-4-2-1-3-5-9/h1-8,14H. The number of non-ortho nitro benzene ring substituents is 1. The molecule has 0 fully saturated rings. The number of phenols is 1. The molecule has 4 nitrogen and oxygen atoms in total. The number of rotatable bonds is 2.